The van der Waals surface area contributed by atoms with Crippen LogP contribution in [0.4, 0.5) is 23.2 Å². The molecule has 0 spiro atoms. The fourth-order valence-electron chi connectivity index (χ4n) is 1.83. The molecule has 1 amide bonds. The molecule has 1 N–H and O–H groups in total. The Morgan fingerprint density at radius 3 is 2.31 bits per heavy atom. The lowest BCUT2D eigenvalue weighted by molar-refractivity contribution is -0.153. The van der Waals surface area contributed by atoms with Gasteiger partial charge in [-0.15, -0.1) is 0 Å². The molecular formula is C17H13F4NO4. The first-order chi connectivity index (χ1) is 12.3. The minimum Gasteiger partial charge on any atom is -0.479 e. The Balaban J connectivity index is 1.85. The predicted octanol–water partition coefficient (Wildman–Crippen LogP) is 3.19. The summed E-state index contributed by atoms with van der Waals surface area (Å²) in [6.07, 6.45) is -1.10. The molecule has 0 saturated carbocycles. The monoisotopic (exact) mass is 371 g/mol. The van der Waals surface area contributed by atoms with E-state index in [1.165, 1.54) is 19.1 Å². The van der Waals surface area contributed by atoms with E-state index in [0.29, 0.717) is 6.07 Å². The average molecular weight is 371 g/mol. The maximum Gasteiger partial charge on any atom is 0.347 e. The molecular weight excluding hydrogens is 358 g/mol. The van der Waals surface area contributed by atoms with Gasteiger partial charge in [0, 0.05) is 0 Å². The van der Waals surface area contributed by atoms with Crippen molar-refractivity contribution in [3.8, 4) is 5.75 Å². The van der Waals surface area contributed by atoms with Crippen molar-refractivity contribution < 1.29 is 36.6 Å². The molecule has 0 aliphatic carbocycles. The van der Waals surface area contributed by atoms with Crippen LogP contribution in [0.2, 0.25) is 0 Å². The lowest BCUT2D eigenvalue weighted by atomic mass is 10.3. The fourth-order valence-corrected chi connectivity index (χ4v) is 1.83. The van der Waals surface area contributed by atoms with Gasteiger partial charge in [-0.25, -0.2) is 22.4 Å². The highest BCUT2D eigenvalue weighted by Gasteiger charge is 2.19. The van der Waals surface area contributed by atoms with Gasteiger partial charge in [-0.1, -0.05) is 0 Å². The summed E-state index contributed by atoms with van der Waals surface area (Å²) in [6.45, 7) is 0.549. The van der Waals surface area contributed by atoms with E-state index in [9.17, 15) is 27.2 Å². The zero-order valence-corrected chi connectivity index (χ0v) is 13.4. The smallest absolute Gasteiger partial charge is 0.347 e. The molecule has 0 saturated heterocycles. The van der Waals surface area contributed by atoms with Crippen LogP contribution in [0, 0.1) is 23.3 Å². The van der Waals surface area contributed by atoms with Crippen LogP contribution >= 0.6 is 0 Å². The number of ether oxygens (including phenoxy) is 2. The third kappa shape index (κ3) is 4.95. The molecule has 0 aromatic heterocycles. The van der Waals surface area contributed by atoms with Crippen LogP contribution in [-0.2, 0) is 14.3 Å². The fraction of sp³-hybridized carbons (Fsp3) is 0.176. The number of esters is 1. The van der Waals surface area contributed by atoms with Crippen LogP contribution in [0.5, 0.6) is 5.75 Å². The van der Waals surface area contributed by atoms with Crippen LogP contribution < -0.4 is 10.1 Å². The van der Waals surface area contributed by atoms with Gasteiger partial charge < -0.3 is 14.8 Å². The topological polar surface area (TPSA) is 64.6 Å². The summed E-state index contributed by atoms with van der Waals surface area (Å²) < 4.78 is 62.0. The first-order valence-electron chi connectivity index (χ1n) is 7.30. The van der Waals surface area contributed by atoms with Crippen molar-refractivity contribution in [3.63, 3.8) is 0 Å². The Morgan fingerprint density at radius 1 is 1.00 bits per heavy atom. The molecule has 1 atom stereocenters. The molecule has 0 unspecified atom stereocenters. The molecule has 2 aromatic rings. The summed E-state index contributed by atoms with van der Waals surface area (Å²) in [6, 6.07) is 6.34. The van der Waals surface area contributed by atoms with Crippen LogP contribution in [0.25, 0.3) is 0 Å². The Kier molecular flexibility index (Phi) is 6.16. The second-order valence-corrected chi connectivity index (χ2v) is 5.09. The number of benzene rings is 2. The van der Waals surface area contributed by atoms with Gasteiger partial charge in [-0.3, -0.25) is 4.79 Å². The molecule has 0 heterocycles. The highest BCUT2D eigenvalue weighted by atomic mass is 19.2. The zero-order chi connectivity index (χ0) is 19.3. The summed E-state index contributed by atoms with van der Waals surface area (Å²) in [7, 11) is 0. The summed E-state index contributed by atoms with van der Waals surface area (Å²) >= 11 is 0. The van der Waals surface area contributed by atoms with Crippen molar-refractivity contribution in [2.24, 2.45) is 0 Å². The Hall–Kier alpha value is -3.10. The Labute approximate surface area is 145 Å². The number of carbonyl (C=O) groups is 2. The van der Waals surface area contributed by atoms with Crippen LogP contribution in [0.3, 0.4) is 0 Å². The van der Waals surface area contributed by atoms with E-state index in [2.05, 4.69) is 4.74 Å². The van der Waals surface area contributed by atoms with Gasteiger partial charge in [0.2, 0.25) is 0 Å². The Bertz CT molecular complexity index is 811. The second-order valence-electron chi connectivity index (χ2n) is 5.09. The maximum absolute atomic E-state index is 13.4. The minimum atomic E-state index is -1.74. The molecule has 138 valence electrons. The molecule has 26 heavy (non-hydrogen) atoms. The number of rotatable bonds is 6. The van der Waals surface area contributed by atoms with Gasteiger partial charge in [0.05, 0.1) is 5.69 Å². The summed E-state index contributed by atoms with van der Waals surface area (Å²) in [5, 5.41) is 1.95. The van der Waals surface area contributed by atoms with Crippen molar-refractivity contribution in [2.75, 3.05) is 11.9 Å². The highest BCUT2D eigenvalue weighted by molar-refractivity contribution is 5.93. The van der Waals surface area contributed by atoms with Gasteiger partial charge in [0.1, 0.15) is 11.6 Å². The second kappa shape index (κ2) is 8.32. The standard InChI is InChI=1S/C17H13F4NO4/c1-9(26-11-4-2-10(18)3-5-11)17(24)25-8-14(23)22-13-7-6-12(19)15(20)16(13)21/h2-7,9H,8H2,1H3,(H,22,23)/t9-/m0/s1. The predicted molar refractivity (Wildman–Crippen MR) is 82.4 cm³/mol. The molecule has 9 heteroatoms. The maximum atomic E-state index is 13.4. The molecule has 0 aliphatic rings. The van der Waals surface area contributed by atoms with Crippen molar-refractivity contribution in [1.29, 1.82) is 0 Å². The molecule has 2 rings (SSSR count). The van der Waals surface area contributed by atoms with E-state index in [0.717, 1.165) is 18.2 Å². The van der Waals surface area contributed by atoms with Crippen molar-refractivity contribution in [2.45, 2.75) is 13.0 Å². The quantitative estimate of drug-likeness (QED) is 0.481. The summed E-state index contributed by atoms with van der Waals surface area (Å²) in [4.78, 5) is 23.4. The van der Waals surface area contributed by atoms with Crippen molar-refractivity contribution in [3.05, 3.63) is 59.7 Å². The number of halogens is 4. The summed E-state index contributed by atoms with van der Waals surface area (Å²) in [5.41, 5.74) is -0.597. The van der Waals surface area contributed by atoms with Crippen molar-refractivity contribution >= 4 is 17.6 Å². The van der Waals surface area contributed by atoms with Crippen LogP contribution in [0.15, 0.2) is 36.4 Å². The van der Waals surface area contributed by atoms with Crippen molar-refractivity contribution in [1.82, 2.24) is 0 Å². The van der Waals surface area contributed by atoms with E-state index in [1.54, 1.807) is 0 Å². The van der Waals surface area contributed by atoms with E-state index < -0.39 is 53.5 Å². The SMILES string of the molecule is C[C@H](Oc1ccc(F)cc1)C(=O)OCC(=O)Nc1ccc(F)c(F)c1F. The highest BCUT2D eigenvalue weighted by Crippen LogP contribution is 2.19. The van der Waals surface area contributed by atoms with E-state index in [4.69, 9.17) is 4.74 Å². The zero-order valence-electron chi connectivity index (χ0n) is 13.4. The lowest BCUT2D eigenvalue weighted by Crippen LogP contribution is -2.30. The number of anilines is 1. The average Bonchev–Trinajstić information content (AvgIpc) is 2.62. The Morgan fingerprint density at radius 2 is 1.65 bits per heavy atom. The molecule has 5 nitrogen and oxygen atoms in total. The van der Waals surface area contributed by atoms with Crippen LogP contribution in [0.1, 0.15) is 6.92 Å². The molecule has 0 bridgehead atoms. The molecule has 0 fully saturated rings. The third-order valence-corrected chi connectivity index (χ3v) is 3.11. The third-order valence-electron chi connectivity index (χ3n) is 3.11. The van der Waals surface area contributed by atoms with Crippen LogP contribution in [-0.4, -0.2) is 24.6 Å². The lowest BCUT2D eigenvalue weighted by Gasteiger charge is -2.14. The van der Waals surface area contributed by atoms with Gasteiger partial charge in [-0.05, 0) is 43.3 Å². The van der Waals surface area contributed by atoms with E-state index >= 15 is 0 Å². The molecule has 2 aromatic carbocycles. The van der Waals surface area contributed by atoms with Gasteiger partial charge >= 0.3 is 5.97 Å². The van der Waals surface area contributed by atoms with E-state index in [1.807, 2.05) is 5.32 Å². The molecule has 0 aliphatic heterocycles. The minimum absolute atomic E-state index is 0.212. The number of carbonyl (C=O) groups excluding carboxylic acids is 2. The number of hydrogen-bond acceptors (Lipinski definition) is 4. The van der Waals surface area contributed by atoms with Gasteiger partial charge in [0.25, 0.3) is 5.91 Å². The largest absolute Gasteiger partial charge is 0.479 e. The summed E-state index contributed by atoms with van der Waals surface area (Å²) in [5.74, 6) is -6.84. The van der Waals surface area contributed by atoms with Gasteiger partial charge in [-0.2, -0.15) is 0 Å². The molecule has 0 radical (unpaired) electrons. The number of nitrogens with one attached hydrogen (secondary N) is 1. The number of amides is 1. The van der Waals surface area contributed by atoms with E-state index in [-0.39, 0.29) is 5.75 Å². The normalized spacial score (nSPS) is 11.6. The first-order valence-corrected chi connectivity index (χ1v) is 7.30. The first kappa shape index (κ1) is 19.2. The van der Waals surface area contributed by atoms with Gasteiger partial charge in [0.15, 0.2) is 30.2 Å². The number of hydrogen-bond donors (Lipinski definition) is 1.